The van der Waals surface area contributed by atoms with E-state index in [1.165, 1.54) is 18.4 Å². The lowest BCUT2D eigenvalue weighted by atomic mass is 9.99. The summed E-state index contributed by atoms with van der Waals surface area (Å²) in [5.74, 6) is 1.67. The summed E-state index contributed by atoms with van der Waals surface area (Å²) in [7, 11) is 1.69. The average molecular weight is 292 g/mol. The Bertz CT molecular complexity index is 431. The van der Waals surface area contributed by atoms with Gasteiger partial charge in [-0.2, -0.15) is 0 Å². The Kier molecular flexibility index (Phi) is 6.33. The van der Waals surface area contributed by atoms with Crippen molar-refractivity contribution in [2.45, 2.75) is 32.7 Å². The highest BCUT2D eigenvalue weighted by Crippen LogP contribution is 2.34. The van der Waals surface area contributed by atoms with Crippen LogP contribution in [0.3, 0.4) is 0 Å². The number of hydrogen-bond donors (Lipinski definition) is 1. The van der Waals surface area contributed by atoms with Gasteiger partial charge in [-0.15, -0.1) is 0 Å². The summed E-state index contributed by atoms with van der Waals surface area (Å²) in [5, 5.41) is 3.43. The third-order valence-corrected chi connectivity index (χ3v) is 4.03. The molecule has 0 saturated carbocycles. The number of piperazine rings is 1. The van der Waals surface area contributed by atoms with E-state index in [0.29, 0.717) is 12.6 Å². The SMILES string of the molecule is CCC[C@H](c1ccc(OC)c(OCC)c1)N1CCNCC1. The summed E-state index contributed by atoms with van der Waals surface area (Å²) in [6.45, 7) is 9.30. The molecule has 1 heterocycles. The zero-order valence-electron chi connectivity index (χ0n) is 13.5. The summed E-state index contributed by atoms with van der Waals surface area (Å²) in [5.41, 5.74) is 1.34. The fourth-order valence-electron chi connectivity index (χ4n) is 3.00. The number of nitrogens with zero attached hydrogens (tertiary/aromatic N) is 1. The fourth-order valence-corrected chi connectivity index (χ4v) is 3.00. The lowest BCUT2D eigenvalue weighted by Gasteiger charge is -2.35. The van der Waals surface area contributed by atoms with Gasteiger partial charge in [-0.3, -0.25) is 4.90 Å². The largest absolute Gasteiger partial charge is 0.493 e. The number of nitrogens with one attached hydrogen (secondary N) is 1. The summed E-state index contributed by atoms with van der Waals surface area (Å²) in [6.07, 6.45) is 2.36. The molecule has 118 valence electrons. The Morgan fingerprint density at radius 1 is 1.19 bits per heavy atom. The van der Waals surface area contributed by atoms with Gasteiger partial charge in [0, 0.05) is 32.2 Å². The third-order valence-electron chi connectivity index (χ3n) is 4.03. The third kappa shape index (κ3) is 4.11. The zero-order chi connectivity index (χ0) is 15.1. The second-order valence-corrected chi connectivity index (χ2v) is 5.43. The van der Waals surface area contributed by atoms with Crippen LogP contribution in [0.4, 0.5) is 0 Å². The number of ether oxygens (including phenoxy) is 2. The first-order chi connectivity index (χ1) is 10.3. The molecule has 1 aromatic rings. The van der Waals surface area contributed by atoms with Crippen LogP contribution in [-0.4, -0.2) is 44.8 Å². The van der Waals surface area contributed by atoms with Crippen LogP contribution < -0.4 is 14.8 Å². The fraction of sp³-hybridized carbons (Fsp3) is 0.647. The van der Waals surface area contributed by atoms with Gasteiger partial charge in [0.25, 0.3) is 0 Å². The molecule has 0 aromatic heterocycles. The van der Waals surface area contributed by atoms with Gasteiger partial charge in [-0.25, -0.2) is 0 Å². The molecular formula is C17H28N2O2. The highest BCUT2D eigenvalue weighted by atomic mass is 16.5. The van der Waals surface area contributed by atoms with Gasteiger partial charge in [-0.05, 0) is 31.0 Å². The second-order valence-electron chi connectivity index (χ2n) is 5.43. The van der Waals surface area contributed by atoms with Gasteiger partial charge >= 0.3 is 0 Å². The van der Waals surface area contributed by atoms with Crippen molar-refractivity contribution in [2.75, 3.05) is 39.9 Å². The van der Waals surface area contributed by atoms with Gasteiger partial charge in [-0.1, -0.05) is 19.4 Å². The first-order valence-electron chi connectivity index (χ1n) is 8.05. The number of hydrogen-bond acceptors (Lipinski definition) is 4. The molecule has 1 aromatic carbocycles. The predicted octanol–water partition coefficient (Wildman–Crippen LogP) is 2.84. The number of benzene rings is 1. The standard InChI is InChI=1S/C17H28N2O2/c1-4-6-15(19-11-9-18-10-12-19)14-7-8-16(20-3)17(13-14)21-5-2/h7-8,13,15,18H,4-6,9-12H2,1-3H3/t15-/m1/s1. The molecule has 0 aliphatic carbocycles. The van der Waals surface area contributed by atoms with E-state index in [9.17, 15) is 0 Å². The lowest BCUT2D eigenvalue weighted by molar-refractivity contribution is 0.164. The quantitative estimate of drug-likeness (QED) is 0.838. The molecule has 4 nitrogen and oxygen atoms in total. The molecule has 21 heavy (non-hydrogen) atoms. The molecule has 1 atom stereocenters. The smallest absolute Gasteiger partial charge is 0.161 e. The first-order valence-corrected chi connectivity index (χ1v) is 8.05. The predicted molar refractivity (Wildman–Crippen MR) is 86.3 cm³/mol. The van der Waals surface area contributed by atoms with Gasteiger partial charge < -0.3 is 14.8 Å². The van der Waals surface area contributed by atoms with E-state index in [-0.39, 0.29) is 0 Å². The van der Waals surface area contributed by atoms with Crippen molar-refractivity contribution in [3.05, 3.63) is 23.8 Å². The molecule has 0 amide bonds. The average Bonchev–Trinajstić information content (AvgIpc) is 2.54. The minimum atomic E-state index is 0.474. The maximum Gasteiger partial charge on any atom is 0.161 e. The van der Waals surface area contributed by atoms with Gasteiger partial charge in [0.2, 0.25) is 0 Å². The van der Waals surface area contributed by atoms with Crippen molar-refractivity contribution in [3.63, 3.8) is 0 Å². The molecule has 0 spiro atoms. The van der Waals surface area contributed by atoms with E-state index in [1.54, 1.807) is 7.11 Å². The molecule has 4 heteroatoms. The van der Waals surface area contributed by atoms with Crippen molar-refractivity contribution in [2.24, 2.45) is 0 Å². The van der Waals surface area contributed by atoms with Crippen LogP contribution in [0.5, 0.6) is 11.5 Å². The first kappa shape index (κ1) is 16.1. The van der Waals surface area contributed by atoms with E-state index < -0.39 is 0 Å². The van der Waals surface area contributed by atoms with Gasteiger partial charge in [0.05, 0.1) is 13.7 Å². The Morgan fingerprint density at radius 2 is 1.95 bits per heavy atom. The van der Waals surface area contributed by atoms with Gasteiger partial charge in [0.15, 0.2) is 11.5 Å². The molecule has 0 radical (unpaired) electrons. The van der Waals surface area contributed by atoms with Crippen molar-refractivity contribution in [3.8, 4) is 11.5 Å². The van der Waals surface area contributed by atoms with Gasteiger partial charge in [0.1, 0.15) is 0 Å². The molecule has 1 N–H and O–H groups in total. The molecule has 1 aliphatic heterocycles. The Morgan fingerprint density at radius 3 is 2.57 bits per heavy atom. The van der Waals surface area contributed by atoms with E-state index in [1.807, 2.05) is 13.0 Å². The summed E-state index contributed by atoms with van der Waals surface area (Å²) in [4.78, 5) is 2.58. The highest BCUT2D eigenvalue weighted by molar-refractivity contribution is 5.44. The van der Waals surface area contributed by atoms with Crippen LogP contribution in [0.1, 0.15) is 38.3 Å². The Labute approximate surface area is 128 Å². The molecule has 2 rings (SSSR count). The van der Waals surface area contributed by atoms with E-state index >= 15 is 0 Å². The maximum absolute atomic E-state index is 5.73. The highest BCUT2D eigenvalue weighted by Gasteiger charge is 2.22. The van der Waals surface area contributed by atoms with E-state index in [4.69, 9.17) is 9.47 Å². The van der Waals surface area contributed by atoms with Crippen LogP contribution in [0.15, 0.2) is 18.2 Å². The Hall–Kier alpha value is -1.26. The Balaban J connectivity index is 2.24. The van der Waals surface area contributed by atoms with Crippen LogP contribution >= 0.6 is 0 Å². The second kappa shape index (κ2) is 8.25. The summed E-state index contributed by atoms with van der Waals surface area (Å²) in [6, 6.07) is 6.85. The van der Waals surface area contributed by atoms with Crippen molar-refractivity contribution in [1.82, 2.24) is 10.2 Å². The molecular weight excluding hydrogens is 264 g/mol. The van der Waals surface area contributed by atoms with E-state index in [2.05, 4.69) is 29.3 Å². The molecule has 0 unspecified atom stereocenters. The van der Waals surface area contributed by atoms with Crippen molar-refractivity contribution < 1.29 is 9.47 Å². The summed E-state index contributed by atoms with van der Waals surface area (Å²) < 4.78 is 11.1. The lowest BCUT2D eigenvalue weighted by Crippen LogP contribution is -2.45. The van der Waals surface area contributed by atoms with Crippen LogP contribution in [0.2, 0.25) is 0 Å². The normalized spacial score (nSPS) is 17.5. The van der Waals surface area contributed by atoms with Crippen LogP contribution in [-0.2, 0) is 0 Å². The van der Waals surface area contributed by atoms with Crippen LogP contribution in [0.25, 0.3) is 0 Å². The molecule has 1 saturated heterocycles. The molecule has 0 bridgehead atoms. The number of methoxy groups -OCH3 is 1. The maximum atomic E-state index is 5.73. The van der Waals surface area contributed by atoms with Crippen molar-refractivity contribution >= 4 is 0 Å². The monoisotopic (exact) mass is 292 g/mol. The number of rotatable bonds is 7. The topological polar surface area (TPSA) is 33.7 Å². The minimum Gasteiger partial charge on any atom is -0.493 e. The molecule has 1 fully saturated rings. The molecule has 1 aliphatic rings. The van der Waals surface area contributed by atoms with Crippen LogP contribution in [0, 0.1) is 0 Å². The van der Waals surface area contributed by atoms with E-state index in [0.717, 1.165) is 37.7 Å². The minimum absolute atomic E-state index is 0.474. The van der Waals surface area contributed by atoms with Crippen molar-refractivity contribution in [1.29, 1.82) is 0 Å². The zero-order valence-corrected chi connectivity index (χ0v) is 13.5. The summed E-state index contributed by atoms with van der Waals surface area (Å²) >= 11 is 0.